The third kappa shape index (κ3) is 5.28. The zero-order valence-corrected chi connectivity index (χ0v) is 15.6. The summed E-state index contributed by atoms with van der Waals surface area (Å²) in [6.07, 6.45) is 2.71. The van der Waals surface area contributed by atoms with Crippen LogP contribution in [-0.4, -0.2) is 48.0 Å². The fourth-order valence-electron chi connectivity index (χ4n) is 3.98. The van der Waals surface area contributed by atoms with Gasteiger partial charge in [0.15, 0.2) is 0 Å². The van der Waals surface area contributed by atoms with Gasteiger partial charge in [0, 0.05) is 24.1 Å². The van der Waals surface area contributed by atoms with Gasteiger partial charge in [0.05, 0.1) is 13.2 Å². The molecule has 1 atom stereocenters. The topological polar surface area (TPSA) is 52.9 Å². The van der Waals surface area contributed by atoms with Gasteiger partial charge in [-0.05, 0) is 49.6 Å². The van der Waals surface area contributed by atoms with Crippen LogP contribution in [0, 0.1) is 11.2 Å². The minimum absolute atomic E-state index is 0.0106. The van der Waals surface area contributed by atoms with Gasteiger partial charge in [-0.3, -0.25) is 4.90 Å². The molecule has 1 aliphatic rings. The SMILES string of the molecule is OCCOc1ccccc1CN1CCC[C@](CO)(Cc2ccc(F)cc2)C1. The summed E-state index contributed by atoms with van der Waals surface area (Å²) in [5, 5.41) is 19.2. The molecule has 0 saturated carbocycles. The lowest BCUT2D eigenvalue weighted by Crippen LogP contribution is -2.46. The number of piperidine rings is 1. The standard InChI is InChI=1S/C22H28FNO3/c23-20-8-6-18(7-9-20)14-22(17-26)10-3-11-24(16-22)15-19-4-1-2-5-21(19)27-13-12-25/h1-2,4-9,25-26H,3,10-17H2/t22-/m0/s1. The first-order valence-electron chi connectivity index (χ1n) is 9.53. The Bertz CT molecular complexity index is 722. The molecule has 146 valence electrons. The molecule has 27 heavy (non-hydrogen) atoms. The van der Waals surface area contributed by atoms with Gasteiger partial charge < -0.3 is 14.9 Å². The van der Waals surface area contributed by atoms with E-state index in [1.165, 1.54) is 12.1 Å². The van der Waals surface area contributed by atoms with Gasteiger partial charge >= 0.3 is 0 Å². The number of halogens is 1. The first kappa shape index (κ1) is 19.8. The van der Waals surface area contributed by atoms with Crippen LogP contribution in [-0.2, 0) is 13.0 Å². The lowest BCUT2D eigenvalue weighted by molar-refractivity contribution is 0.0284. The molecule has 1 saturated heterocycles. The Balaban J connectivity index is 1.70. The molecule has 0 aliphatic carbocycles. The van der Waals surface area contributed by atoms with Crippen LogP contribution in [0.15, 0.2) is 48.5 Å². The predicted octanol–water partition coefficient (Wildman–Crippen LogP) is 3.01. The number of aliphatic hydroxyl groups excluding tert-OH is 2. The van der Waals surface area contributed by atoms with Crippen molar-refractivity contribution in [1.29, 1.82) is 0 Å². The van der Waals surface area contributed by atoms with Gasteiger partial charge in [-0.25, -0.2) is 4.39 Å². The Morgan fingerprint density at radius 1 is 1.07 bits per heavy atom. The molecular formula is C22H28FNO3. The van der Waals surface area contributed by atoms with Crippen LogP contribution < -0.4 is 4.74 Å². The van der Waals surface area contributed by atoms with E-state index in [2.05, 4.69) is 4.90 Å². The third-order valence-electron chi connectivity index (χ3n) is 5.28. The molecule has 1 heterocycles. The molecular weight excluding hydrogens is 345 g/mol. The van der Waals surface area contributed by atoms with Crippen molar-refractivity contribution in [1.82, 2.24) is 4.90 Å². The minimum Gasteiger partial charge on any atom is -0.491 e. The largest absolute Gasteiger partial charge is 0.491 e. The lowest BCUT2D eigenvalue weighted by Gasteiger charge is -2.42. The molecule has 2 N–H and O–H groups in total. The predicted molar refractivity (Wildman–Crippen MR) is 103 cm³/mol. The Hall–Kier alpha value is -1.95. The van der Waals surface area contributed by atoms with E-state index in [9.17, 15) is 9.50 Å². The van der Waals surface area contributed by atoms with Crippen molar-refractivity contribution in [3.8, 4) is 5.75 Å². The molecule has 3 rings (SSSR count). The fourth-order valence-corrected chi connectivity index (χ4v) is 3.98. The normalized spacial score (nSPS) is 20.6. The highest BCUT2D eigenvalue weighted by molar-refractivity contribution is 5.33. The molecule has 0 bridgehead atoms. The van der Waals surface area contributed by atoms with E-state index in [1.807, 2.05) is 36.4 Å². The molecule has 0 unspecified atom stereocenters. The smallest absolute Gasteiger partial charge is 0.123 e. The number of nitrogens with zero attached hydrogens (tertiary/aromatic N) is 1. The quantitative estimate of drug-likeness (QED) is 0.747. The molecule has 5 heteroatoms. The Kier molecular flexibility index (Phi) is 6.83. The molecule has 0 radical (unpaired) electrons. The lowest BCUT2D eigenvalue weighted by atomic mass is 9.75. The second-order valence-corrected chi connectivity index (χ2v) is 7.46. The average Bonchev–Trinajstić information content (AvgIpc) is 2.69. The van der Waals surface area contributed by atoms with E-state index in [4.69, 9.17) is 9.84 Å². The average molecular weight is 373 g/mol. The molecule has 0 amide bonds. The van der Waals surface area contributed by atoms with Gasteiger partial charge in [0.25, 0.3) is 0 Å². The maximum Gasteiger partial charge on any atom is 0.123 e. The first-order valence-corrected chi connectivity index (χ1v) is 9.53. The summed E-state index contributed by atoms with van der Waals surface area (Å²) in [5.41, 5.74) is 1.93. The van der Waals surface area contributed by atoms with Crippen molar-refractivity contribution < 1.29 is 19.3 Å². The summed E-state index contributed by atoms with van der Waals surface area (Å²) in [5.74, 6) is 0.562. The van der Waals surface area contributed by atoms with Crippen molar-refractivity contribution >= 4 is 0 Å². The zero-order valence-electron chi connectivity index (χ0n) is 15.6. The summed E-state index contributed by atoms with van der Waals surface area (Å²) in [6.45, 7) is 2.89. The number of aliphatic hydroxyl groups is 2. The molecule has 2 aromatic carbocycles. The van der Waals surface area contributed by atoms with E-state index in [0.29, 0.717) is 0 Å². The minimum atomic E-state index is -0.235. The van der Waals surface area contributed by atoms with Gasteiger partial charge in [0.1, 0.15) is 18.2 Å². The summed E-state index contributed by atoms with van der Waals surface area (Å²) >= 11 is 0. The van der Waals surface area contributed by atoms with Crippen LogP contribution in [0.4, 0.5) is 4.39 Å². The van der Waals surface area contributed by atoms with Gasteiger partial charge in [-0.2, -0.15) is 0 Å². The monoisotopic (exact) mass is 373 g/mol. The number of benzene rings is 2. The third-order valence-corrected chi connectivity index (χ3v) is 5.28. The summed E-state index contributed by atoms with van der Waals surface area (Å²) in [6, 6.07) is 14.5. The summed E-state index contributed by atoms with van der Waals surface area (Å²) < 4.78 is 18.8. The van der Waals surface area contributed by atoms with E-state index in [-0.39, 0.29) is 31.1 Å². The zero-order chi connectivity index (χ0) is 19.1. The van der Waals surface area contributed by atoms with Crippen LogP contribution >= 0.6 is 0 Å². The van der Waals surface area contributed by atoms with Crippen LogP contribution in [0.1, 0.15) is 24.0 Å². The van der Waals surface area contributed by atoms with Crippen LogP contribution in [0.25, 0.3) is 0 Å². The van der Waals surface area contributed by atoms with Gasteiger partial charge in [-0.1, -0.05) is 30.3 Å². The van der Waals surface area contributed by atoms with Crippen LogP contribution in [0.5, 0.6) is 5.75 Å². The van der Waals surface area contributed by atoms with Crippen molar-refractivity contribution in [2.75, 3.05) is 32.9 Å². The van der Waals surface area contributed by atoms with E-state index >= 15 is 0 Å². The van der Waals surface area contributed by atoms with Crippen molar-refractivity contribution in [2.24, 2.45) is 5.41 Å². The number of ether oxygens (including phenoxy) is 1. The number of hydrogen-bond acceptors (Lipinski definition) is 4. The molecule has 0 aromatic heterocycles. The van der Waals surface area contributed by atoms with E-state index in [1.54, 1.807) is 0 Å². The molecule has 0 spiro atoms. The maximum atomic E-state index is 13.2. The van der Waals surface area contributed by atoms with E-state index < -0.39 is 0 Å². The Labute approximate surface area is 160 Å². The first-order chi connectivity index (χ1) is 13.1. The molecule has 2 aromatic rings. The number of likely N-dealkylation sites (tertiary alicyclic amines) is 1. The maximum absolute atomic E-state index is 13.2. The second kappa shape index (κ2) is 9.31. The van der Waals surface area contributed by atoms with Crippen molar-refractivity contribution in [3.05, 3.63) is 65.5 Å². The van der Waals surface area contributed by atoms with Crippen molar-refractivity contribution in [2.45, 2.75) is 25.8 Å². The fraction of sp³-hybridized carbons (Fsp3) is 0.455. The molecule has 4 nitrogen and oxygen atoms in total. The molecule has 1 aliphatic heterocycles. The number of hydrogen-bond donors (Lipinski definition) is 2. The Morgan fingerprint density at radius 3 is 2.59 bits per heavy atom. The van der Waals surface area contributed by atoms with Gasteiger partial charge in [-0.15, -0.1) is 0 Å². The summed E-state index contributed by atoms with van der Waals surface area (Å²) in [7, 11) is 0. The molecule has 1 fully saturated rings. The number of rotatable bonds is 8. The summed E-state index contributed by atoms with van der Waals surface area (Å²) in [4.78, 5) is 2.35. The number of para-hydroxylation sites is 1. The van der Waals surface area contributed by atoms with E-state index in [0.717, 1.165) is 55.8 Å². The highest BCUT2D eigenvalue weighted by Crippen LogP contribution is 2.34. The highest BCUT2D eigenvalue weighted by Gasteiger charge is 2.35. The van der Waals surface area contributed by atoms with Crippen molar-refractivity contribution in [3.63, 3.8) is 0 Å². The Morgan fingerprint density at radius 2 is 1.85 bits per heavy atom. The highest BCUT2D eigenvalue weighted by atomic mass is 19.1. The second-order valence-electron chi connectivity index (χ2n) is 7.46. The van der Waals surface area contributed by atoms with Crippen LogP contribution in [0.3, 0.4) is 0 Å². The van der Waals surface area contributed by atoms with Crippen LogP contribution in [0.2, 0.25) is 0 Å². The van der Waals surface area contributed by atoms with Gasteiger partial charge in [0.2, 0.25) is 0 Å².